The number of rotatable bonds is 10. The van der Waals surface area contributed by atoms with Gasteiger partial charge in [-0.3, -0.25) is 14.5 Å². The van der Waals surface area contributed by atoms with E-state index in [1.165, 1.54) is 11.0 Å². The molecule has 1 aromatic rings. The summed E-state index contributed by atoms with van der Waals surface area (Å²) in [5, 5.41) is 6.23. The van der Waals surface area contributed by atoms with Crippen LogP contribution in [-0.2, 0) is 29.7 Å². The summed E-state index contributed by atoms with van der Waals surface area (Å²) in [6, 6.07) is 7.75. The van der Waals surface area contributed by atoms with E-state index >= 15 is 0 Å². The van der Waals surface area contributed by atoms with E-state index in [9.17, 15) is 9.59 Å². The fourth-order valence-corrected chi connectivity index (χ4v) is 3.68. The maximum Gasteiger partial charge on any atom is 1.00 e. The molecule has 1 heterocycles. The number of methoxy groups -OCH3 is 2. The van der Waals surface area contributed by atoms with E-state index in [1.54, 1.807) is 32.4 Å². The molecule has 1 saturated heterocycles. The Hall–Kier alpha value is -1.81. The molecule has 0 spiro atoms. The molecule has 34 heavy (non-hydrogen) atoms. The molecular weight excluding hydrogens is 517 g/mol. The summed E-state index contributed by atoms with van der Waals surface area (Å²) in [6.07, 6.45) is 2.65. The zero-order valence-electron chi connectivity index (χ0n) is 18.6. The molecule has 1 aliphatic heterocycles. The standard InChI is InChI=1S/C18H20N5O4S2.Na.O3S/c1-26-16(27-2)4-3-9-20-15(24)11-23-17(25)14(29-18(23)28)10-12-5-7-13(8-6-12)21-22-19;;1-4(2)3/h5,7-8,10,16H,3-4,9,11H2,1-2H3,(H,20,24);;/q-1;+1;. The van der Waals surface area contributed by atoms with Crippen molar-refractivity contribution >= 4 is 62.5 Å². The molecule has 1 N–H and O–H groups in total. The van der Waals surface area contributed by atoms with Gasteiger partial charge in [0, 0.05) is 32.1 Å². The molecule has 0 radical (unpaired) electrons. The van der Waals surface area contributed by atoms with Gasteiger partial charge < -0.3 is 14.8 Å². The van der Waals surface area contributed by atoms with Crippen molar-refractivity contribution in [2.75, 3.05) is 27.3 Å². The average Bonchev–Trinajstić information content (AvgIpc) is 3.02. The van der Waals surface area contributed by atoms with E-state index in [2.05, 4.69) is 21.4 Å². The number of carbonyl (C=O) groups excluding carboxylic acids is 2. The van der Waals surface area contributed by atoms with Crippen molar-refractivity contribution in [2.45, 2.75) is 19.1 Å². The second-order valence-corrected chi connectivity index (χ2v) is 8.14. The smallest absolute Gasteiger partial charge is 0.356 e. The van der Waals surface area contributed by atoms with Gasteiger partial charge in [0.25, 0.3) is 5.91 Å². The maximum atomic E-state index is 12.6. The third kappa shape index (κ3) is 12.1. The van der Waals surface area contributed by atoms with Crippen LogP contribution in [0.2, 0.25) is 0 Å². The van der Waals surface area contributed by atoms with Gasteiger partial charge in [-0.25, -0.2) is 0 Å². The van der Waals surface area contributed by atoms with Crippen molar-refractivity contribution in [3.05, 3.63) is 45.2 Å². The molecule has 0 bridgehead atoms. The molecule has 178 valence electrons. The average molecular weight is 538 g/mol. The van der Waals surface area contributed by atoms with Crippen LogP contribution in [0.1, 0.15) is 18.4 Å². The number of amides is 2. The fourth-order valence-electron chi connectivity index (χ4n) is 2.44. The van der Waals surface area contributed by atoms with Crippen LogP contribution in [0.3, 0.4) is 0 Å². The van der Waals surface area contributed by atoms with E-state index in [4.69, 9.17) is 39.8 Å². The molecule has 1 fully saturated rings. The minimum atomic E-state index is -3.11. The van der Waals surface area contributed by atoms with Gasteiger partial charge in [0.1, 0.15) is 10.9 Å². The van der Waals surface area contributed by atoms with Crippen LogP contribution in [-0.4, -0.2) is 67.3 Å². The molecule has 2 rings (SSSR count). The number of nitrogens with one attached hydrogen (secondary N) is 1. The zero-order chi connectivity index (χ0) is 24.8. The molecule has 0 unspecified atom stereocenters. The SMILES string of the molecule is COC(CCCNC(=O)CN1C(=O)C(=Cc2[c-]cc(N=[N+]=[N-])cc2)SC1=S)OC.O=S(=O)=O.[Na+]. The minimum Gasteiger partial charge on any atom is -0.356 e. The first-order valence-corrected chi connectivity index (χ1v) is 11.4. The number of carbonyl (C=O) groups is 2. The molecular formula is C18H20N5NaO7S3. The predicted octanol–water partition coefficient (Wildman–Crippen LogP) is -0.855. The summed E-state index contributed by atoms with van der Waals surface area (Å²) in [5.74, 6) is -0.624. The molecule has 1 aliphatic rings. The molecule has 2 amide bonds. The van der Waals surface area contributed by atoms with Gasteiger partial charge in [0.2, 0.25) is 5.91 Å². The number of hydrogen-bond acceptors (Lipinski definition) is 10. The van der Waals surface area contributed by atoms with Gasteiger partial charge in [0.05, 0.1) is 0 Å². The molecule has 1 aromatic carbocycles. The minimum absolute atomic E-state index is 0. The first-order valence-electron chi connectivity index (χ1n) is 9.13. The third-order valence-corrected chi connectivity index (χ3v) is 5.28. The predicted molar refractivity (Wildman–Crippen MR) is 124 cm³/mol. The van der Waals surface area contributed by atoms with Crippen LogP contribution < -0.4 is 34.9 Å². The summed E-state index contributed by atoms with van der Waals surface area (Å²) < 4.78 is 35.8. The number of hydrogen-bond donors (Lipinski definition) is 1. The molecule has 12 nitrogen and oxygen atoms in total. The Morgan fingerprint density at radius 2 is 2.03 bits per heavy atom. The van der Waals surface area contributed by atoms with E-state index in [0.29, 0.717) is 39.9 Å². The summed E-state index contributed by atoms with van der Waals surface area (Å²) in [5.41, 5.74) is 9.48. The van der Waals surface area contributed by atoms with Gasteiger partial charge in [-0.1, -0.05) is 24.0 Å². The topological polar surface area (TPSA) is 168 Å². The van der Waals surface area contributed by atoms with Crippen molar-refractivity contribution < 1.29 is 61.2 Å². The van der Waals surface area contributed by atoms with Crippen LogP contribution in [0.15, 0.2) is 28.2 Å². The van der Waals surface area contributed by atoms with Gasteiger partial charge >= 0.3 is 40.2 Å². The van der Waals surface area contributed by atoms with E-state index < -0.39 is 10.6 Å². The number of thioether (sulfide) groups is 1. The third-order valence-electron chi connectivity index (χ3n) is 3.91. The zero-order valence-corrected chi connectivity index (χ0v) is 23.0. The molecule has 0 aromatic heterocycles. The maximum absolute atomic E-state index is 12.6. The largest absolute Gasteiger partial charge is 1.00 e. The first kappa shape index (κ1) is 32.2. The Bertz CT molecular complexity index is 1030. The fraction of sp³-hybridized carbons (Fsp3) is 0.389. The van der Waals surface area contributed by atoms with Crippen molar-refractivity contribution in [1.29, 1.82) is 0 Å². The molecule has 0 aliphatic carbocycles. The summed E-state index contributed by atoms with van der Waals surface area (Å²) >= 11 is 6.36. The van der Waals surface area contributed by atoms with Crippen LogP contribution in [0.4, 0.5) is 5.69 Å². The number of azide groups is 1. The summed E-state index contributed by atoms with van der Waals surface area (Å²) in [6.45, 7) is 0.304. The Balaban J connectivity index is 0.00000201. The number of nitrogens with zero attached hydrogens (tertiary/aromatic N) is 4. The summed E-state index contributed by atoms with van der Waals surface area (Å²) in [7, 11) is 0.00363. The van der Waals surface area contributed by atoms with Crippen LogP contribution in [0.25, 0.3) is 16.5 Å². The van der Waals surface area contributed by atoms with E-state index in [1.807, 2.05) is 0 Å². The molecule has 16 heteroatoms. The van der Waals surface area contributed by atoms with E-state index in [0.717, 1.165) is 11.8 Å². The monoisotopic (exact) mass is 537 g/mol. The van der Waals surface area contributed by atoms with Crippen molar-refractivity contribution in [3.63, 3.8) is 0 Å². The van der Waals surface area contributed by atoms with Crippen molar-refractivity contribution in [3.8, 4) is 0 Å². The number of ether oxygens (including phenoxy) is 2. The van der Waals surface area contributed by atoms with Crippen LogP contribution in [0.5, 0.6) is 0 Å². The Morgan fingerprint density at radius 3 is 2.56 bits per heavy atom. The Morgan fingerprint density at radius 1 is 1.38 bits per heavy atom. The normalized spacial score (nSPS) is 13.6. The second-order valence-electron chi connectivity index (χ2n) is 6.06. The van der Waals surface area contributed by atoms with E-state index in [-0.39, 0.29) is 54.2 Å². The quantitative estimate of drug-likeness (QED) is 0.0460. The number of benzene rings is 1. The van der Waals surface area contributed by atoms with Gasteiger partial charge in [0.15, 0.2) is 6.29 Å². The van der Waals surface area contributed by atoms with Crippen LogP contribution >= 0.6 is 24.0 Å². The van der Waals surface area contributed by atoms with Gasteiger partial charge in [-0.05, 0) is 22.6 Å². The Kier molecular flexibility index (Phi) is 16.7. The number of thiocarbonyl (C=S) groups is 1. The Labute approximate surface area is 229 Å². The van der Waals surface area contributed by atoms with Crippen molar-refractivity contribution in [2.24, 2.45) is 5.11 Å². The van der Waals surface area contributed by atoms with Crippen LogP contribution in [0, 0.1) is 6.07 Å². The second kappa shape index (κ2) is 17.6. The molecule has 0 saturated carbocycles. The van der Waals surface area contributed by atoms with Gasteiger partial charge in [-0.15, -0.1) is 53.6 Å². The van der Waals surface area contributed by atoms with Crippen molar-refractivity contribution in [1.82, 2.24) is 10.2 Å². The molecule has 0 atom stereocenters. The summed E-state index contributed by atoms with van der Waals surface area (Å²) in [4.78, 5) is 29.1. The first-order chi connectivity index (χ1) is 15.7. The van der Waals surface area contributed by atoms with Gasteiger partial charge in [-0.2, -0.15) is 0 Å².